The predicted molar refractivity (Wildman–Crippen MR) is 74.3 cm³/mol. The molecule has 1 fully saturated rings. The largest absolute Gasteiger partial charge is 0.314 e. The zero-order valence-electron chi connectivity index (χ0n) is 11.2. The zero-order valence-corrected chi connectivity index (χ0v) is 11.2. The van der Waals surface area contributed by atoms with Gasteiger partial charge < -0.3 is 5.32 Å². The summed E-state index contributed by atoms with van der Waals surface area (Å²) in [5, 5.41) is 3.72. The van der Waals surface area contributed by atoms with E-state index in [4.69, 9.17) is 0 Å². The maximum absolute atomic E-state index is 3.72. The van der Waals surface area contributed by atoms with Crippen molar-refractivity contribution in [1.82, 2.24) is 5.32 Å². The van der Waals surface area contributed by atoms with Crippen LogP contribution in [-0.4, -0.2) is 12.6 Å². The van der Waals surface area contributed by atoms with Crippen molar-refractivity contribution >= 4 is 0 Å². The number of aryl methyl sites for hydroxylation is 1. The standard InChI is InChI=1S/C16H25N/c1-3-10-17-16-9-5-8-15(16)12-14-7-4-6-13(2)11-14/h4,6-7,11,15-17H,3,5,8-10,12H2,1-2H3. The van der Waals surface area contributed by atoms with Crippen molar-refractivity contribution in [1.29, 1.82) is 0 Å². The number of hydrogen-bond donors (Lipinski definition) is 1. The minimum atomic E-state index is 0.760. The highest BCUT2D eigenvalue weighted by molar-refractivity contribution is 5.23. The molecule has 2 rings (SSSR count). The van der Waals surface area contributed by atoms with Gasteiger partial charge in [-0.05, 0) is 50.6 Å². The molecule has 1 saturated carbocycles. The molecule has 1 aliphatic rings. The van der Waals surface area contributed by atoms with Crippen LogP contribution < -0.4 is 5.32 Å². The molecule has 0 aliphatic heterocycles. The van der Waals surface area contributed by atoms with Gasteiger partial charge in [0.2, 0.25) is 0 Å². The molecule has 94 valence electrons. The molecule has 1 heteroatoms. The summed E-state index contributed by atoms with van der Waals surface area (Å²) in [6.07, 6.45) is 6.67. The van der Waals surface area contributed by atoms with Gasteiger partial charge in [-0.25, -0.2) is 0 Å². The Kier molecular flexibility index (Phi) is 4.61. The van der Waals surface area contributed by atoms with E-state index < -0.39 is 0 Å². The fourth-order valence-electron chi connectivity index (χ4n) is 3.02. The molecule has 0 heterocycles. The molecular formula is C16H25N. The van der Waals surface area contributed by atoms with Crippen LogP contribution in [-0.2, 0) is 6.42 Å². The summed E-state index contributed by atoms with van der Waals surface area (Å²) < 4.78 is 0. The third-order valence-electron chi connectivity index (χ3n) is 3.90. The van der Waals surface area contributed by atoms with Crippen LogP contribution in [0.1, 0.15) is 43.7 Å². The molecule has 1 N–H and O–H groups in total. The molecule has 0 amide bonds. The van der Waals surface area contributed by atoms with Crippen molar-refractivity contribution in [2.45, 2.75) is 52.0 Å². The van der Waals surface area contributed by atoms with Crippen molar-refractivity contribution in [3.05, 3.63) is 35.4 Å². The Labute approximate surface area is 106 Å². The summed E-state index contributed by atoms with van der Waals surface area (Å²) in [7, 11) is 0. The van der Waals surface area contributed by atoms with Gasteiger partial charge in [0, 0.05) is 6.04 Å². The molecule has 0 radical (unpaired) electrons. The summed E-state index contributed by atoms with van der Waals surface area (Å²) in [4.78, 5) is 0. The molecule has 1 aliphatic carbocycles. The molecule has 0 bridgehead atoms. The maximum atomic E-state index is 3.72. The van der Waals surface area contributed by atoms with Gasteiger partial charge in [0.15, 0.2) is 0 Å². The lowest BCUT2D eigenvalue weighted by Gasteiger charge is -2.21. The van der Waals surface area contributed by atoms with Gasteiger partial charge in [0.25, 0.3) is 0 Å². The van der Waals surface area contributed by atoms with Crippen molar-refractivity contribution in [2.24, 2.45) is 5.92 Å². The smallest absolute Gasteiger partial charge is 0.00985 e. The predicted octanol–water partition coefficient (Wildman–Crippen LogP) is 3.71. The molecule has 17 heavy (non-hydrogen) atoms. The lowest BCUT2D eigenvalue weighted by Crippen LogP contribution is -2.33. The fourth-order valence-corrected chi connectivity index (χ4v) is 3.02. The van der Waals surface area contributed by atoms with Crippen LogP contribution in [0.15, 0.2) is 24.3 Å². The first-order chi connectivity index (χ1) is 8.29. The average Bonchev–Trinajstić information content (AvgIpc) is 2.74. The van der Waals surface area contributed by atoms with Crippen LogP contribution >= 0.6 is 0 Å². The van der Waals surface area contributed by atoms with Gasteiger partial charge in [-0.1, -0.05) is 43.2 Å². The summed E-state index contributed by atoms with van der Waals surface area (Å²) in [5.41, 5.74) is 2.90. The maximum Gasteiger partial charge on any atom is 0.00985 e. The third-order valence-corrected chi connectivity index (χ3v) is 3.90. The number of benzene rings is 1. The van der Waals surface area contributed by atoms with Gasteiger partial charge in [-0.2, -0.15) is 0 Å². The molecule has 0 saturated heterocycles. The van der Waals surface area contributed by atoms with E-state index in [1.165, 1.54) is 49.8 Å². The van der Waals surface area contributed by atoms with Crippen molar-refractivity contribution in [2.75, 3.05) is 6.54 Å². The second kappa shape index (κ2) is 6.20. The summed E-state index contributed by atoms with van der Waals surface area (Å²) >= 11 is 0. The van der Waals surface area contributed by atoms with E-state index in [1.807, 2.05) is 0 Å². The SMILES string of the molecule is CCCNC1CCCC1Cc1cccc(C)c1. The second-order valence-corrected chi connectivity index (χ2v) is 5.44. The lowest BCUT2D eigenvalue weighted by atomic mass is 9.94. The van der Waals surface area contributed by atoms with Gasteiger partial charge in [-0.15, -0.1) is 0 Å². The van der Waals surface area contributed by atoms with E-state index in [1.54, 1.807) is 0 Å². The van der Waals surface area contributed by atoms with E-state index in [0.717, 1.165) is 12.0 Å². The summed E-state index contributed by atoms with van der Waals surface area (Å²) in [6.45, 7) is 5.61. The molecule has 1 aromatic carbocycles. The van der Waals surface area contributed by atoms with Crippen LogP contribution in [0.4, 0.5) is 0 Å². The van der Waals surface area contributed by atoms with Gasteiger partial charge in [0.1, 0.15) is 0 Å². The zero-order chi connectivity index (χ0) is 12.1. The van der Waals surface area contributed by atoms with Crippen molar-refractivity contribution in [3.8, 4) is 0 Å². The van der Waals surface area contributed by atoms with Crippen LogP contribution in [0.5, 0.6) is 0 Å². The normalized spacial score (nSPS) is 24.1. The first-order valence-corrected chi connectivity index (χ1v) is 7.08. The highest BCUT2D eigenvalue weighted by atomic mass is 14.9. The highest BCUT2D eigenvalue weighted by Crippen LogP contribution is 2.29. The quantitative estimate of drug-likeness (QED) is 0.814. The number of nitrogens with one attached hydrogen (secondary N) is 1. The monoisotopic (exact) mass is 231 g/mol. The van der Waals surface area contributed by atoms with Gasteiger partial charge in [-0.3, -0.25) is 0 Å². The Morgan fingerprint density at radius 3 is 2.94 bits per heavy atom. The topological polar surface area (TPSA) is 12.0 Å². The van der Waals surface area contributed by atoms with E-state index in [2.05, 4.69) is 43.4 Å². The van der Waals surface area contributed by atoms with Gasteiger partial charge >= 0.3 is 0 Å². The summed E-state index contributed by atoms with van der Waals surface area (Å²) in [6, 6.07) is 9.76. The Morgan fingerprint density at radius 2 is 2.18 bits per heavy atom. The Bertz CT molecular complexity index is 345. The van der Waals surface area contributed by atoms with Crippen molar-refractivity contribution in [3.63, 3.8) is 0 Å². The fraction of sp³-hybridized carbons (Fsp3) is 0.625. The first-order valence-electron chi connectivity index (χ1n) is 7.08. The lowest BCUT2D eigenvalue weighted by molar-refractivity contribution is 0.399. The molecular weight excluding hydrogens is 206 g/mol. The minimum Gasteiger partial charge on any atom is -0.314 e. The number of rotatable bonds is 5. The van der Waals surface area contributed by atoms with Crippen LogP contribution in [0, 0.1) is 12.8 Å². The Hall–Kier alpha value is -0.820. The first kappa shape index (κ1) is 12.6. The number of hydrogen-bond acceptors (Lipinski definition) is 1. The Morgan fingerprint density at radius 1 is 1.29 bits per heavy atom. The van der Waals surface area contributed by atoms with Crippen LogP contribution in [0.25, 0.3) is 0 Å². The third kappa shape index (κ3) is 3.57. The van der Waals surface area contributed by atoms with E-state index in [9.17, 15) is 0 Å². The van der Waals surface area contributed by atoms with Crippen LogP contribution in [0.3, 0.4) is 0 Å². The molecule has 2 unspecified atom stereocenters. The van der Waals surface area contributed by atoms with E-state index >= 15 is 0 Å². The molecule has 1 nitrogen and oxygen atoms in total. The highest BCUT2D eigenvalue weighted by Gasteiger charge is 2.26. The summed E-state index contributed by atoms with van der Waals surface area (Å²) in [5.74, 6) is 0.850. The van der Waals surface area contributed by atoms with Crippen molar-refractivity contribution < 1.29 is 0 Å². The average molecular weight is 231 g/mol. The molecule has 0 spiro atoms. The molecule has 2 atom stereocenters. The second-order valence-electron chi connectivity index (χ2n) is 5.44. The van der Waals surface area contributed by atoms with Crippen LogP contribution in [0.2, 0.25) is 0 Å². The molecule has 1 aromatic rings. The van der Waals surface area contributed by atoms with Gasteiger partial charge in [0.05, 0.1) is 0 Å². The molecule has 0 aromatic heterocycles. The van der Waals surface area contributed by atoms with E-state index in [-0.39, 0.29) is 0 Å². The minimum absolute atomic E-state index is 0.760. The Balaban J connectivity index is 1.93. The van der Waals surface area contributed by atoms with E-state index in [0.29, 0.717) is 0 Å².